The van der Waals surface area contributed by atoms with Crippen molar-refractivity contribution in [1.82, 2.24) is 9.80 Å². The Morgan fingerprint density at radius 2 is 1.90 bits per heavy atom. The number of nitrogens with zero attached hydrogens (tertiary/aromatic N) is 3. The van der Waals surface area contributed by atoms with E-state index in [9.17, 15) is 17.6 Å². The van der Waals surface area contributed by atoms with Crippen LogP contribution in [0.2, 0.25) is 5.02 Å². The van der Waals surface area contributed by atoms with Gasteiger partial charge in [0.15, 0.2) is 5.84 Å². The summed E-state index contributed by atoms with van der Waals surface area (Å²) in [6.07, 6.45) is 1.13. The minimum atomic E-state index is -3.67. The summed E-state index contributed by atoms with van der Waals surface area (Å²) in [5.74, 6) is -0.278. The fourth-order valence-corrected chi connectivity index (χ4v) is 5.42. The number of likely N-dealkylation sites (tertiary alicyclic amines) is 1. The van der Waals surface area contributed by atoms with Crippen LogP contribution in [-0.2, 0) is 21.4 Å². The van der Waals surface area contributed by atoms with Crippen LogP contribution in [0.15, 0.2) is 51.8 Å². The smallest absolute Gasteiger partial charge is 0.285 e. The second-order valence-electron chi connectivity index (χ2n) is 7.54. The lowest BCUT2D eigenvalue weighted by Crippen LogP contribution is -2.43. The SMILES string of the molecule is CN(Cc1c(F)cccc1Cl)C(=O)C1CCN(C2=NS(=O)(=O)c3ccccc32)CC1. The third-order valence-corrected chi connectivity index (χ3v) is 7.27. The maximum atomic E-state index is 14.0. The molecule has 0 aliphatic carbocycles. The van der Waals surface area contributed by atoms with Crippen molar-refractivity contribution in [1.29, 1.82) is 0 Å². The highest BCUT2D eigenvalue weighted by atomic mass is 35.5. The number of piperidine rings is 1. The number of rotatable bonds is 3. The van der Waals surface area contributed by atoms with Crippen molar-refractivity contribution in [3.05, 3.63) is 64.4 Å². The molecule has 0 atom stereocenters. The highest BCUT2D eigenvalue weighted by Crippen LogP contribution is 2.30. The molecule has 0 saturated carbocycles. The van der Waals surface area contributed by atoms with Crippen LogP contribution >= 0.6 is 11.6 Å². The van der Waals surface area contributed by atoms with Gasteiger partial charge >= 0.3 is 0 Å². The molecule has 9 heteroatoms. The quantitative estimate of drug-likeness (QED) is 0.721. The van der Waals surface area contributed by atoms with Crippen molar-refractivity contribution in [3.63, 3.8) is 0 Å². The van der Waals surface area contributed by atoms with E-state index < -0.39 is 15.8 Å². The molecule has 0 unspecified atom stereocenters. The van der Waals surface area contributed by atoms with Crippen molar-refractivity contribution in [2.24, 2.45) is 10.3 Å². The average molecular weight is 450 g/mol. The summed E-state index contributed by atoms with van der Waals surface area (Å²) < 4.78 is 42.5. The van der Waals surface area contributed by atoms with Crippen LogP contribution in [-0.4, -0.2) is 50.1 Å². The number of halogens is 2. The summed E-state index contributed by atoms with van der Waals surface area (Å²) in [5, 5.41) is 0.295. The molecule has 0 N–H and O–H groups in total. The molecule has 6 nitrogen and oxygen atoms in total. The zero-order chi connectivity index (χ0) is 21.5. The number of amides is 1. The average Bonchev–Trinajstić information content (AvgIpc) is 3.01. The lowest BCUT2D eigenvalue weighted by Gasteiger charge is -2.34. The van der Waals surface area contributed by atoms with Crippen LogP contribution in [0, 0.1) is 11.7 Å². The van der Waals surface area contributed by atoms with Gasteiger partial charge in [-0.3, -0.25) is 4.79 Å². The van der Waals surface area contributed by atoms with Gasteiger partial charge in [0.25, 0.3) is 10.0 Å². The van der Waals surface area contributed by atoms with Crippen LogP contribution in [0.5, 0.6) is 0 Å². The summed E-state index contributed by atoms with van der Waals surface area (Å²) in [7, 11) is -2.03. The maximum absolute atomic E-state index is 14.0. The normalized spacial score (nSPS) is 18.1. The Kier molecular flexibility index (Phi) is 5.55. The first-order valence-corrected chi connectivity index (χ1v) is 11.5. The van der Waals surface area contributed by atoms with Crippen LogP contribution < -0.4 is 0 Å². The van der Waals surface area contributed by atoms with Crippen LogP contribution in [0.3, 0.4) is 0 Å². The number of benzene rings is 2. The van der Waals surface area contributed by atoms with Gasteiger partial charge in [-0.1, -0.05) is 29.8 Å². The first-order valence-electron chi connectivity index (χ1n) is 9.65. The van der Waals surface area contributed by atoms with Crippen LogP contribution in [0.4, 0.5) is 4.39 Å². The van der Waals surface area contributed by atoms with Gasteiger partial charge in [0.1, 0.15) is 10.7 Å². The van der Waals surface area contributed by atoms with E-state index >= 15 is 0 Å². The molecule has 1 saturated heterocycles. The van der Waals surface area contributed by atoms with Gasteiger partial charge in [0, 0.05) is 48.7 Å². The first kappa shape index (κ1) is 20.8. The van der Waals surface area contributed by atoms with Gasteiger partial charge < -0.3 is 9.80 Å². The predicted octanol–water partition coefficient (Wildman–Crippen LogP) is 3.30. The standard InChI is InChI=1S/C21H21ClFN3O3S/c1-25(13-16-17(22)6-4-7-18(16)23)21(27)14-9-11-26(12-10-14)20-15-5-2-3-8-19(15)30(28,29)24-20/h2-8,14H,9-13H2,1H3. The number of amidine groups is 1. The number of carbonyl (C=O) groups excluding carboxylic acids is 1. The number of hydrogen-bond acceptors (Lipinski definition) is 4. The topological polar surface area (TPSA) is 70.1 Å². The Balaban J connectivity index is 1.42. The number of carbonyl (C=O) groups is 1. The monoisotopic (exact) mass is 449 g/mol. The lowest BCUT2D eigenvalue weighted by molar-refractivity contribution is -0.136. The van der Waals surface area contributed by atoms with Gasteiger partial charge in [-0.25, -0.2) is 4.39 Å². The van der Waals surface area contributed by atoms with Gasteiger partial charge in [0.2, 0.25) is 5.91 Å². The molecule has 2 aromatic carbocycles. The molecule has 1 amide bonds. The summed E-state index contributed by atoms with van der Waals surface area (Å²) in [5.41, 5.74) is 0.906. The van der Waals surface area contributed by atoms with Crippen LogP contribution in [0.1, 0.15) is 24.0 Å². The van der Waals surface area contributed by atoms with E-state index in [1.807, 2.05) is 4.90 Å². The van der Waals surface area contributed by atoms with Crippen molar-refractivity contribution < 1.29 is 17.6 Å². The molecular weight excluding hydrogens is 429 g/mol. The van der Waals surface area contributed by atoms with Crippen molar-refractivity contribution in [2.75, 3.05) is 20.1 Å². The second-order valence-corrected chi connectivity index (χ2v) is 9.52. The van der Waals surface area contributed by atoms with Crippen molar-refractivity contribution >= 4 is 33.4 Å². The molecular formula is C21H21ClFN3O3S. The van der Waals surface area contributed by atoms with Crippen molar-refractivity contribution in [3.8, 4) is 0 Å². The molecule has 2 aliphatic rings. The maximum Gasteiger partial charge on any atom is 0.285 e. The molecule has 0 spiro atoms. The molecule has 2 aliphatic heterocycles. The van der Waals surface area contributed by atoms with Crippen molar-refractivity contribution in [2.45, 2.75) is 24.3 Å². The Morgan fingerprint density at radius 1 is 1.20 bits per heavy atom. The Bertz CT molecular complexity index is 1110. The largest absolute Gasteiger partial charge is 0.355 e. The van der Waals surface area contributed by atoms with Crippen LogP contribution in [0.25, 0.3) is 0 Å². The predicted molar refractivity (Wildman–Crippen MR) is 112 cm³/mol. The highest BCUT2D eigenvalue weighted by Gasteiger charge is 2.35. The lowest BCUT2D eigenvalue weighted by atomic mass is 9.94. The number of hydrogen-bond donors (Lipinski definition) is 0. The van der Waals surface area contributed by atoms with Gasteiger partial charge in [-0.15, -0.1) is 4.40 Å². The van der Waals surface area contributed by atoms with E-state index in [0.29, 0.717) is 47.9 Å². The van der Waals surface area contributed by atoms with E-state index in [4.69, 9.17) is 11.6 Å². The fourth-order valence-electron chi connectivity index (χ4n) is 3.96. The van der Waals surface area contributed by atoms with E-state index in [1.165, 1.54) is 17.0 Å². The Labute approximate surface area is 180 Å². The minimum Gasteiger partial charge on any atom is -0.355 e. The zero-order valence-corrected chi connectivity index (χ0v) is 18.0. The molecule has 0 aromatic heterocycles. The van der Waals surface area contributed by atoms with E-state index in [0.717, 1.165) is 0 Å². The van der Waals surface area contributed by atoms with E-state index in [-0.39, 0.29) is 23.3 Å². The summed E-state index contributed by atoms with van der Waals surface area (Å²) in [6, 6.07) is 11.2. The third-order valence-electron chi connectivity index (χ3n) is 5.59. The molecule has 2 aromatic rings. The minimum absolute atomic E-state index is 0.0737. The zero-order valence-electron chi connectivity index (χ0n) is 16.4. The molecule has 1 fully saturated rings. The Morgan fingerprint density at radius 3 is 2.60 bits per heavy atom. The van der Waals surface area contributed by atoms with Gasteiger partial charge in [-0.05, 0) is 37.1 Å². The number of fused-ring (bicyclic) bond motifs is 1. The second kappa shape index (κ2) is 8.00. The summed E-state index contributed by atoms with van der Waals surface area (Å²) in [6.45, 7) is 1.14. The molecule has 30 heavy (non-hydrogen) atoms. The highest BCUT2D eigenvalue weighted by molar-refractivity contribution is 7.90. The summed E-state index contributed by atoms with van der Waals surface area (Å²) in [4.78, 5) is 16.5. The fraction of sp³-hybridized carbons (Fsp3) is 0.333. The molecule has 0 bridgehead atoms. The molecule has 2 heterocycles. The van der Waals surface area contributed by atoms with E-state index in [2.05, 4.69) is 4.40 Å². The van der Waals surface area contributed by atoms with E-state index in [1.54, 1.807) is 37.4 Å². The molecule has 4 rings (SSSR count). The summed E-state index contributed by atoms with van der Waals surface area (Å²) >= 11 is 6.07. The van der Waals surface area contributed by atoms with Gasteiger partial charge in [-0.2, -0.15) is 8.42 Å². The third kappa shape index (κ3) is 3.81. The molecule has 0 radical (unpaired) electrons. The first-order chi connectivity index (χ1) is 14.3. The Hall–Kier alpha value is -2.45. The number of sulfonamides is 1. The molecule has 158 valence electrons. The van der Waals surface area contributed by atoms with Gasteiger partial charge in [0.05, 0.1) is 0 Å².